The number of para-hydroxylation sites is 2. The maximum atomic E-state index is 12.4. The number of hydrogen-bond donors (Lipinski definition) is 1. The number of alkyl halides is 3. The van der Waals surface area contributed by atoms with Crippen LogP contribution in [0.25, 0.3) is 11.2 Å². The lowest BCUT2D eigenvalue weighted by Crippen LogP contribution is -2.37. The summed E-state index contributed by atoms with van der Waals surface area (Å²) in [4.78, 5) is 40.7. The topological polar surface area (TPSA) is 100 Å². The molecule has 1 N–H and O–H groups in total. The highest BCUT2D eigenvalue weighted by atomic mass is 19.4. The van der Waals surface area contributed by atoms with Crippen molar-refractivity contribution in [1.29, 1.82) is 0 Å². The average Bonchev–Trinajstić information content (AvgIpc) is 3.07. The summed E-state index contributed by atoms with van der Waals surface area (Å²) in [7, 11) is 2.74. The van der Waals surface area contributed by atoms with Crippen molar-refractivity contribution in [2.24, 2.45) is 14.1 Å². The fourth-order valence-corrected chi connectivity index (χ4v) is 2.72. The van der Waals surface area contributed by atoms with Gasteiger partial charge in [0.05, 0.1) is 12.0 Å². The minimum atomic E-state index is -4.52. The second kappa shape index (κ2) is 7.45. The van der Waals surface area contributed by atoms with Crippen molar-refractivity contribution in [2.45, 2.75) is 12.7 Å². The van der Waals surface area contributed by atoms with E-state index in [-0.39, 0.29) is 29.1 Å². The molecule has 0 aliphatic rings. The number of benzene rings is 1. The Kier molecular flexibility index (Phi) is 5.18. The molecule has 29 heavy (non-hydrogen) atoms. The van der Waals surface area contributed by atoms with Crippen LogP contribution in [0.15, 0.2) is 40.2 Å². The predicted octanol–water partition coefficient (Wildman–Crippen LogP) is 1.01. The number of imidazole rings is 1. The first kappa shape index (κ1) is 20.2. The van der Waals surface area contributed by atoms with Gasteiger partial charge in [0.1, 0.15) is 12.3 Å². The molecule has 0 saturated carbocycles. The van der Waals surface area contributed by atoms with Gasteiger partial charge < -0.3 is 14.6 Å². The Balaban J connectivity index is 1.84. The van der Waals surface area contributed by atoms with Crippen LogP contribution in [0.5, 0.6) is 5.75 Å². The number of aryl methyl sites for hydroxylation is 1. The molecule has 2 heterocycles. The van der Waals surface area contributed by atoms with Crippen LogP contribution in [0.1, 0.15) is 0 Å². The summed E-state index contributed by atoms with van der Waals surface area (Å²) in [6.45, 7) is -1.85. The lowest BCUT2D eigenvalue weighted by molar-refractivity contribution is -0.153. The van der Waals surface area contributed by atoms with E-state index in [1.165, 1.54) is 53.8 Å². The van der Waals surface area contributed by atoms with Crippen LogP contribution in [0.2, 0.25) is 0 Å². The molecular weight excluding hydrogens is 395 g/mol. The Hall–Kier alpha value is -3.57. The zero-order valence-corrected chi connectivity index (χ0v) is 15.4. The molecule has 1 amide bonds. The number of rotatable bonds is 5. The van der Waals surface area contributed by atoms with Crippen LogP contribution in [-0.2, 0) is 25.4 Å². The number of aromatic nitrogens is 4. The van der Waals surface area contributed by atoms with Crippen LogP contribution in [-0.4, -0.2) is 37.4 Å². The monoisotopic (exact) mass is 411 g/mol. The van der Waals surface area contributed by atoms with Gasteiger partial charge in [-0.25, -0.2) is 9.78 Å². The number of carbonyl (C=O) groups is 1. The van der Waals surface area contributed by atoms with E-state index in [2.05, 4.69) is 10.3 Å². The quantitative estimate of drug-likeness (QED) is 0.676. The molecule has 1 aromatic carbocycles. The summed E-state index contributed by atoms with van der Waals surface area (Å²) >= 11 is 0. The number of carbonyl (C=O) groups excluding carboxylic acids is 1. The molecule has 12 heteroatoms. The van der Waals surface area contributed by atoms with Gasteiger partial charge in [-0.05, 0) is 12.1 Å². The number of fused-ring (bicyclic) bond motifs is 1. The maximum Gasteiger partial charge on any atom is 0.422 e. The molecule has 0 aliphatic heterocycles. The van der Waals surface area contributed by atoms with Crippen molar-refractivity contribution in [3.63, 3.8) is 0 Å². The van der Waals surface area contributed by atoms with E-state index in [1.807, 2.05) is 0 Å². The Labute approximate surface area is 161 Å². The number of nitrogens with zero attached hydrogens (tertiary/aromatic N) is 4. The minimum absolute atomic E-state index is 0.0476. The smallest absolute Gasteiger partial charge is 0.422 e. The van der Waals surface area contributed by atoms with Crippen molar-refractivity contribution in [3.05, 3.63) is 51.4 Å². The van der Waals surface area contributed by atoms with E-state index in [0.717, 1.165) is 4.57 Å². The van der Waals surface area contributed by atoms with Crippen molar-refractivity contribution >= 4 is 22.8 Å². The largest absolute Gasteiger partial charge is 0.482 e. The molecule has 154 valence electrons. The molecule has 0 bridgehead atoms. The van der Waals surface area contributed by atoms with Crippen molar-refractivity contribution in [1.82, 2.24) is 18.7 Å². The van der Waals surface area contributed by atoms with Gasteiger partial charge in [0.25, 0.3) is 5.56 Å². The summed E-state index contributed by atoms with van der Waals surface area (Å²) in [6, 6.07) is 5.67. The molecule has 2 aromatic heterocycles. The second-order valence-electron chi connectivity index (χ2n) is 6.20. The summed E-state index contributed by atoms with van der Waals surface area (Å²) in [5.74, 6) is -0.768. The molecule has 0 radical (unpaired) electrons. The first-order chi connectivity index (χ1) is 13.6. The molecule has 0 atom stereocenters. The summed E-state index contributed by atoms with van der Waals surface area (Å²) in [5.41, 5.74) is -0.979. The third kappa shape index (κ3) is 4.15. The van der Waals surface area contributed by atoms with Gasteiger partial charge >= 0.3 is 11.9 Å². The summed E-state index contributed by atoms with van der Waals surface area (Å²) < 4.78 is 45.2. The average molecular weight is 411 g/mol. The van der Waals surface area contributed by atoms with Crippen LogP contribution >= 0.6 is 0 Å². The Bertz CT molecular complexity index is 1190. The highest BCUT2D eigenvalue weighted by Gasteiger charge is 2.29. The second-order valence-corrected chi connectivity index (χ2v) is 6.20. The molecule has 0 fully saturated rings. The molecule has 0 spiro atoms. The lowest BCUT2D eigenvalue weighted by atomic mass is 10.3. The van der Waals surface area contributed by atoms with E-state index < -0.39 is 29.9 Å². The fourth-order valence-electron chi connectivity index (χ4n) is 2.72. The van der Waals surface area contributed by atoms with Gasteiger partial charge in [0.15, 0.2) is 17.8 Å². The van der Waals surface area contributed by atoms with Gasteiger partial charge in [0, 0.05) is 14.1 Å². The van der Waals surface area contributed by atoms with Crippen molar-refractivity contribution in [2.75, 3.05) is 11.9 Å². The zero-order valence-electron chi connectivity index (χ0n) is 15.4. The van der Waals surface area contributed by atoms with Gasteiger partial charge in [-0.3, -0.25) is 18.7 Å². The molecule has 3 aromatic rings. The number of halogens is 3. The first-order valence-electron chi connectivity index (χ1n) is 8.28. The molecule has 0 unspecified atom stereocenters. The highest BCUT2D eigenvalue weighted by Crippen LogP contribution is 2.26. The van der Waals surface area contributed by atoms with Crippen LogP contribution in [0, 0.1) is 0 Å². The fraction of sp³-hybridized carbons (Fsp3) is 0.294. The van der Waals surface area contributed by atoms with Gasteiger partial charge in [-0.2, -0.15) is 13.2 Å². The van der Waals surface area contributed by atoms with E-state index in [9.17, 15) is 27.6 Å². The van der Waals surface area contributed by atoms with Crippen LogP contribution in [0.4, 0.5) is 18.9 Å². The van der Waals surface area contributed by atoms with Gasteiger partial charge in [0.2, 0.25) is 5.91 Å². The number of anilines is 1. The number of nitrogens with one attached hydrogen (secondary N) is 1. The third-order valence-electron chi connectivity index (χ3n) is 4.08. The maximum absolute atomic E-state index is 12.4. The normalized spacial score (nSPS) is 11.6. The number of hydrogen-bond acceptors (Lipinski definition) is 5. The van der Waals surface area contributed by atoms with E-state index in [4.69, 9.17) is 4.74 Å². The minimum Gasteiger partial charge on any atom is -0.482 e. The number of amides is 1. The Morgan fingerprint density at radius 2 is 1.86 bits per heavy atom. The molecule has 9 nitrogen and oxygen atoms in total. The van der Waals surface area contributed by atoms with Crippen molar-refractivity contribution < 1.29 is 22.7 Å². The van der Waals surface area contributed by atoms with Gasteiger partial charge in [-0.15, -0.1) is 0 Å². The van der Waals surface area contributed by atoms with Crippen LogP contribution < -0.4 is 21.3 Å². The SMILES string of the molecule is Cn1c(=O)c2c(ncn2CC(=O)Nc2ccccc2OCC(F)(F)F)n(C)c1=O. The highest BCUT2D eigenvalue weighted by molar-refractivity contribution is 5.92. The Morgan fingerprint density at radius 3 is 2.55 bits per heavy atom. The first-order valence-corrected chi connectivity index (χ1v) is 8.28. The standard InChI is InChI=1S/C17H16F3N5O4/c1-23-14-13(15(27)24(2)16(23)28)25(9-21-14)7-12(26)22-10-5-3-4-6-11(10)29-8-17(18,19)20/h3-6,9H,7-8H2,1-2H3,(H,22,26). The summed E-state index contributed by atoms with van der Waals surface area (Å²) in [5, 5.41) is 2.45. The molecule has 0 aliphatic carbocycles. The van der Waals surface area contributed by atoms with Gasteiger partial charge in [-0.1, -0.05) is 12.1 Å². The third-order valence-corrected chi connectivity index (χ3v) is 4.08. The number of ether oxygens (including phenoxy) is 1. The molecular formula is C17H16F3N5O4. The van der Waals surface area contributed by atoms with E-state index in [0.29, 0.717) is 0 Å². The predicted molar refractivity (Wildman–Crippen MR) is 96.8 cm³/mol. The molecule has 3 rings (SSSR count). The molecule has 0 saturated heterocycles. The Morgan fingerprint density at radius 1 is 1.17 bits per heavy atom. The van der Waals surface area contributed by atoms with Crippen molar-refractivity contribution in [3.8, 4) is 5.75 Å². The zero-order chi connectivity index (χ0) is 21.3. The lowest BCUT2D eigenvalue weighted by Gasteiger charge is -2.14. The van der Waals surface area contributed by atoms with E-state index in [1.54, 1.807) is 0 Å². The summed E-state index contributed by atoms with van der Waals surface area (Å²) in [6.07, 6.45) is -3.29. The van der Waals surface area contributed by atoms with E-state index >= 15 is 0 Å². The van der Waals surface area contributed by atoms with Crippen LogP contribution in [0.3, 0.4) is 0 Å².